The normalized spacial score (nSPS) is 18.2. The Morgan fingerprint density at radius 2 is 1.78 bits per heavy atom. The monoisotopic (exact) mass is 326 g/mol. The standard InChI is InChI=1S/C17H11ClN2O3/c18-10-3-1-9(2-4-10)16-11-5-14-15(22-8-21-14)6-13(11)23-17(20)12(16)7-19/h1-6,16H,8,20H2/t16-/m1/s1. The lowest BCUT2D eigenvalue weighted by Crippen LogP contribution is -2.21. The number of ether oxygens (including phenoxy) is 3. The minimum Gasteiger partial charge on any atom is -0.454 e. The van der Waals surface area contributed by atoms with Gasteiger partial charge in [0.2, 0.25) is 12.7 Å². The van der Waals surface area contributed by atoms with Crippen molar-refractivity contribution < 1.29 is 14.2 Å². The summed E-state index contributed by atoms with van der Waals surface area (Å²) in [5.74, 6) is 1.55. The lowest BCUT2D eigenvalue weighted by Gasteiger charge is -2.26. The van der Waals surface area contributed by atoms with Gasteiger partial charge in [0.25, 0.3) is 0 Å². The molecule has 0 unspecified atom stereocenters. The number of halogens is 1. The van der Waals surface area contributed by atoms with E-state index < -0.39 is 0 Å². The number of hydrogen-bond donors (Lipinski definition) is 1. The van der Waals surface area contributed by atoms with Crippen molar-refractivity contribution in [1.29, 1.82) is 5.26 Å². The second-order valence-corrected chi connectivity index (χ2v) is 5.66. The highest BCUT2D eigenvalue weighted by Gasteiger charge is 2.33. The molecular weight excluding hydrogens is 316 g/mol. The first-order valence-corrected chi connectivity index (χ1v) is 7.32. The molecule has 2 aliphatic rings. The Labute approximate surface area is 137 Å². The number of fused-ring (bicyclic) bond motifs is 2. The molecule has 0 spiro atoms. The third kappa shape index (κ3) is 2.16. The van der Waals surface area contributed by atoms with Crippen molar-refractivity contribution >= 4 is 11.6 Å². The van der Waals surface area contributed by atoms with Gasteiger partial charge in [-0.2, -0.15) is 5.26 Å². The zero-order valence-corrected chi connectivity index (χ0v) is 12.6. The molecule has 0 bridgehead atoms. The Balaban J connectivity index is 1.92. The van der Waals surface area contributed by atoms with E-state index in [2.05, 4.69) is 6.07 Å². The second kappa shape index (κ2) is 5.11. The van der Waals surface area contributed by atoms with Crippen LogP contribution in [-0.4, -0.2) is 6.79 Å². The Bertz CT molecular complexity index is 869. The molecule has 0 aromatic heterocycles. The summed E-state index contributed by atoms with van der Waals surface area (Å²) in [6, 6.07) is 13.0. The summed E-state index contributed by atoms with van der Waals surface area (Å²) in [6.45, 7) is 0.165. The van der Waals surface area contributed by atoms with Crippen molar-refractivity contribution in [3.05, 3.63) is 64.0 Å². The molecule has 2 aromatic rings. The number of benzene rings is 2. The van der Waals surface area contributed by atoms with Gasteiger partial charge in [-0.15, -0.1) is 0 Å². The van der Waals surface area contributed by atoms with Gasteiger partial charge in [0.1, 0.15) is 17.4 Å². The number of nitrogens with two attached hydrogens (primary N) is 1. The predicted octanol–water partition coefficient (Wildman–Crippen LogP) is 3.29. The van der Waals surface area contributed by atoms with Crippen molar-refractivity contribution in [2.24, 2.45) is 5.73 Å². The van der Waals surface area contributed by atoms with E-state index in [9.17, 15) is 5.26 Å². The Kier molecular flexibility index (Phi) is 3.07. The van der Waals surface area contributed by atoms with E-state index in [0.717, 1.165) is 11.1 Å². The zero-order valence-electron chi connectivity index (χ0n) is 11.9. The minimum atomic E-state index is -0.337. The van der Waals surface area contributed by atoms with Crippen LogP contribution in [0.25, 0.3) is 0 Å². The maximum Gasteiger partial charge on any atom is 0.231 e. The molecule has 1 atom stereocenters. The third-order valence-corrected chi connectivity index (χ3v) is 4.17. The smallest absolute Gasteiger partial charge is 0.231 e. The average Bonchev–Trinajstić information content (AvgIpc) is 3.00. The summed E-state index contributed by atoms with van der Waals surface area (Å²) in [6.07, 6.45) is 0. The van der Waals surface area contributed by atoms with Crippen LogP contribution in [0.2, 0.25) is 5.02 Å². The van der Waals surface area contributed by atoms with Crippen LogP contribution >= 0.6 is 11.6 Å². The molecule has 6 heteroatoms. The Morgan fingerprint density at radius 3 is 2.48 bits per heavy atom. The molecule has 4 rings (SSSR count). The van der Waals surface area contributed by atoms with E-state index in [1.54, 1.807) is 18.2 Å². The SMILES string of the molecule is N#CC1=C(N)Oc2cc3c(cc2[C@H]1c1ccc(Cl)cc1)OCO3. The van der Waals surface area contributed by atoms with Crippen LogP contribution in [0.15, 0.2) is 47.9 Å². The number of rotatable bonds is 1. The molecule has 0 saturated carbocycles. The third-order valence-electron chi connectivity index (χ3n) is 3.91. The van der Waals surface area contributed by atoms with Crippen LogP contribution in [0.4, 0.5) is 0 Å². The van der Waals surface area contributed by atoms with Crippen molar-refractivity contribution in [1.82, 2.24) is 0 Å². The zero-order chi connectivity index (χ0) is 16.0. The minimum absolute atomic E-state index is 0.0961. The molecule has 2 aliphatic heterocycles. The topological polar surface area (TPSA) is 77.5 Å². The molecule has 0 radical (unpaired) electrons. The molecule has 2 heterocycles. The fourth-order valence-electron chi connectivity index (χ4n) is 2.85. The van der Waals surface area contributed by atoms with Gasteiger partial charge in [-0.05, 0) is 23.8 Å². The largest absolute Gasteiger partial charge is 0.454 e. The quantitative estimate of drug-likeness (QED) is 0.870. The van der Waals surface area contributed by atoms with Crippen LogP contribution < -0.4 is 19.9 Å². The Hall–Kier alpha value is -2.84. The van der Waals surface area contributed by atoms with Crippen LogP contribution in [0.3, 0.4) is 0 Å². The second-order valence-electron chi connectivity index (χ2n) is 5.22. The number of allylic oxidation sites excluding steroid dienone is 1. The molecular formula is C17H11ClN2O3. The van der Waals surface area contributed by atoms with Crippen LogP contribution in [0.5, 0.6) is 17.2 Å². The first-order valence-electron chi connectivity index (χ1n) is 6.94. The molecule has 0 aliphatic carbocycles. The fourth-order valence-corrected chi connectivity index (χ4v) is 2.97. The molecule has 114 valence electrons. The van der Waals surface area contributed by atoms with Crippen molar-refractivity contribution in [3.8, 4) is 23.3 Å². The first-order chi connectivity index (χ1) is 11.2. The van der Waals surface area contributed by atoms with Crippen molar-refractivity contribution in [2.45, 2.75) is 5.92 Å². The molecule has 0 saturated heterocycles. The Morgan fingerprint density at radius 1 is 1.09 bits per heavy atom. The first kappa shape index (κ1) is 13.8. The molecule has 2 aromatic carbocycles. The van der Waals surface area contributed by atoms with Crippen LogP contribution in [0.1, 0.15) is 17.0 Å². The summed E-state index contributed by atoms with van der Waals surface area (Å²) < 4.78 is 16.4. The van der Waals surface area contributed by atoms with E-state index in [4.69, 9.17) is 31.5 Å². The number of hydrogen-bond acceptors (Lipinski definition) is 5. The van der Waals surface area contributed by atoms with Gasteiger partial charge in [0.05, 0.1) is 5.92 Å². The maximum atomic E-state index is 9.52. The summed E-state index contributed by atoms with van der Waals surface area (Å²) in [5.41, 5.74) is 8.01. The summed E-state index contributed by atoms with van der Waals surface area (Å²) in [4.78, 5) is 0. The van der Waals surface area contributed by atoms with Crippen LogP contribution in [0, 0.1) is 11.3 Å². The van der Waals surface area contributed by atoms with Gasteiger partial charge in [-0.25, -0.2) is 0 Å². The van der Waals surface area contributed by atoms with E-state index in [-0.39, 0.29) is 18.6 Å². The van der Waals surface area contributed by atoms with Gasteiger partial charge >= 0.3 is 0 Å². The predicted molar refractivity (Wildman–Crippen MR) is 83.3 cm³/mol. The van der Waals surface area contributed by atoms with Gasteiger partial charge in [-0.3, -0.25) is 0 Å². The maximum absolute atomic E-state index is 9.52. The highest BCUT2D eigenvalue weighted by molar-refractivity contribution is 6.30. The van der Waals surface area contributed by atoms with E-state index in [1.165, 1.54) is 0 Å². The molecule has 0 amide bonds. The van der Waals surface area contributed by atoms with Crippen molar-refractivity contribution in [2.75, 3.05) is 6.79 Å². The summed E-state index contributed by atoms with van der Waals surface area (Å²) >= 11 is 5.96. The van der Waals surface area contributed by atoms with E-state index in [0.29, 0.717) is 27.8 Å². The molecule has 2 N–H and O–H groups in total. The average molecular weight is 327 g/mol. The van der Waals surface area contributed by atoms with Gasteiger partial charge < -0.3 is 19.9 Å². The van der Waals surface area contributed by atoms with E-state index in [1.807, 2.05) is 18.2 Å². The van der Waals surface area contributed by atoms with Gasteiger partial charge in [0.15, 0.2) is 11.5 Å². The van der Waals surface area contributed by atoms with E-state index >= 15 is 0 Å². The molecule has 23 heavy (non-hydrogen) atoms. The lowest BCUT2D eigenvalue weighted by molar-refractivity contribution is 0.174. The molecule has 5 nitrogen and oxygen atoms in total. The number of nitriles is 1. The summed E-state index contributed by atoms with van der Waals surface area (Å²) in [7, 11) is 0. The molecule has 0 fully saturated rings. The van der Waals surface area contributed by atoms with Gasteiger partial charge in [-0.1, -0.05) is 23.7 Å². The summed E-state index contributed by atoms with van der Waals surface area (Å²) in [5, 5.41) is 10.1. The highest BCUT2D eigenvalue weighted by Crippen LogP contribution is 2.47. The van der Waals surface area contributed by atoms with Crippen molar-refractivity contribution in [3.63, 3.8) is 0 Å². The fraction of sp³-hybridized carbons (Fsp3) is 0.118. The van der Waals surface area contributed by atoms with Crippen LogP contribution in [-0.2, 0) is 0 Å². The van der Waals surface area contributed by atoms with Gasteiger partial charge in [0, 0.05) is 16.7 Å². The highest BCUT2D eigenvalue weighted by atomic mass is 35.5. The number of nitrogens with zero attached hydrogens (tertiary/aromatic N) is 1. The lowest BCUT2D eigenvalue weighted by atomic mass is 9.83.